The molecule has 0 fully saturated rings. The lowest BCUT2D eigenvalue weighted by molar-refractivity contribution is 0.1000. The average molecular weight is 283 g/mol. The van der Waals surface area contributed by atoms with Crippen molar-refractivity contribution in [1.29, 1.82) is 0 Å². The van der Waals surface area contributed by atoms with Gasteiger partial charge in [0, 0.05) is 5.56 Å². The molecule has 0 saturated carbocycles. The highest BCUT2D eigenvalue weighted by Gasteiger charge is 2.08. The summed E-state index contributed by atoms with van der Waals surface area (Å²) in [5.74, 6) is 0.559. The second kappa shape index (κ2) is 7.14. The van der Waals surface area contributed by atoms with Crippen molar-refractivity contribution in [1.82, 2.24) is 0 Å². The first-order valence-electron chi connectivity index (χ1n) is 6.53. The van der Waals surface area contributed by atoms with Crippen LogP contribution >= 0.6 is 0 Å². The minimum atomic E-state index is -0.496. The van der Waals surface area contributed by atoms with Gasteiger partial charge in [-0.25, -0.2) is 0 Å². The molecule has 108 valence electrons. The first-order valence-corrected chi connectivity index (χ1v) is 6.53. The van der Waals surface area contributed by atoms with Gasteiger partial charge in [0.05, 0.1) is 7.11 Å². The molecule has 0 heterocycles. The number of primary amides is 1. The molecular weight excluding hydrogens is 266 g/mol. The summed E-state index contributed by atoms with van der Waals surface area (Å²) < 4.78 is 10.8. The van der Waals surface area contributed by atoms with Crippen molar-refractivity contribution in [2.75, 3.05) is 13.7 Å². The van der Waals surface area contributed by atoms with E-state index in [4.69, 9.17) is 15.2 Å². The number of ether oxygens (including phenoxy) is 2. The molecule has 0 aliphatic carbocycles. The maximum absolute atomic E-state index is 11.1. The summed E-state index contributed by atoms with van der Waals surface area (Å²) in [5, 5.41) is 0. The largest absolute Gasteiger partial charge is 0.493 e. The molecule has 21 heavy (non-hydrogen) atoms. The lowest BCUT2D eigenvalue weighted by Gasteiger charge is -2.09. The summed E-state index contributed by atoms with van der Waals surface area (Å²) in [7, 11) is 1.52. The molecule has 2 aromatic rings. The molecule has 0 spiro atoms. The molecule has 0 saturated heterocycles. The van der Waals surface area contributed by atoms with Crippen molar-refractivity contribution >= 4 is 12.0 Å². The standard InChI is InChI=1S/C17H17NO3/c1-20-16-12-14(17(18)19)9-10-15(16)21-11-5-8-13-6-3-2-4-7-13/h2-10,12H,11H2,1H3,(H2,18,19)/b8-5+. The van der Waals surface area contributed by atoms with Crippen LogP contribution in [0.2, 0.25) is 0 Å². The zero-order valence-corrected chi connectivity index (χ0v) is 11.8. The normalized spacial score (nSPS) is 10.5. The molecule has 0 aliphatic rings. The number of carbonyl (C=O) groups excluding carboxylic acids is 1. The molecular formula is C17H17NO3. The van der Waals surface area contributed by atoms with Crippen molar-refractivity contribution in [2.45, 2.75) is 0 Å². The predicted molar refractivity (Wildman–Crippen MR) is 82.5 cm³/mol. The van der Waals surface area contributed by atoms with Crippen LogP contribution in [0.5, 0.6) is 11.5 Å². The highest BCUT2D eigenvalue weighted by Crippen LogP contribution is 2.27. The molecule has 0 atom stereocenters. The summed E-state index contributed by atoms with van der Waals surface area (Å²) >= 11 is 0. The highest BCUT2D eigenvalue weighted by atomic mass is 16.5. The molecule has 0 bridgehead atoms. The maximum Gasteiger partial charge on any atom is 0.248 e. The van der Waals surface area contributed by atoms with E-state index in [1.807, 2.05) is 42.5 Å². The molecule has 4 heteroatoms. The first-order chi connectivity index (χ1) is 10.2. The fraction of sp³-hybridized carbons (Fsp3) is 0.118. The van der Waals surface area contributed by atoms with Crippen molar-refractivity contribution in [2.24, 2.45) is 5.73 Å². The van der Waals surface area contributed by atoms with Crippen molar-refractivity contribution in [3.63, 3.8) is 0 Å². The zero-order chi connectivity index (χ0) is 15.1. The van der Waals surface area contributed by atoms with E-state index in [9.17, 15) is 4.79 Å². The fourth-order valence-corrected chi connectivity index (χ4v) is 1.83. The van der Waals surface area contributed by atoms with E-state index in [1.165, 1.54) is 7.11 Å². The Bertz CT molecular complexity index is 636. The van der Waals surface area contributed by atoms with Crippen LogP contribution in [-0.2, 0) is 0 Å². The van der Waals surface area contributed by atoms with Crippen molar-refractivity contribution in [3.05, 3.63) is 65.7 Å². The number of hydrogen-bond donors (Lipinski definition) is 1. The van der Waals surface area contributed by atoms with Gasteiger partial charge in [-0.05, 0) is 29.8 Å². The van der Waals surface area contributed by atoms with Gasteiger partial charge in [-0.1, -0.05) is 36.4 Å². The Hall–Kier alpha value is -2.75. The first kappa shape index (κ1) is 14.7. The van der Waals surface area contributed by atoms with Gasteiger partial charge >= 0.3 is 0 Å². The van der Waals surface area contributed by atoms with Crippen LogP contribution in [0.3, 0.4) is 0 Å². The van der Waals surface area contributed by atoms with Crippen LogP contribution in [0.4, 0.5) is 0 Å². The van der Waals surface area contributed by atoms with Crippen molar-refractivity contribution in [3.8, 4) is 11.5 Å². The van der Waals surface area contributed by atoms with Gasteiger partial charge in [-0.15, -0.1) is 0 Å². The van der Waals surface area contributed by atoms with Crippen LogP contribution in [0, 0.1) is 0 Å². The molecule has 0 unspecified atom stereocenters. The molecule has 0 radical (unpaired) electrons. The van der Waals surface area contributed by atoms with Crippen LogP contribution in [0.1, 0.15) is 15.9 Å². The van der Waals surface area contributed by atoms with Crippen LogP contribution in [0.25, 0.3) is 6.08 Å². The van der Waals surface area contributed by atoms with Gasteiger partial charge in [-0.2, -0.15) is 0 Å². The van der Waals surface area contributed by atoms with E-state index in [-0.39, 0.29) is 0 Å². The van der Waals surface area contributed by atoms with Gasteiger partial charge < -0.3 is 15.2 Å². The number of carbonyl (C=O) groups is 1. The monoisotopic (exact) mass is 283 g/mol. The van der Waals surface area contributed by atoms with E-state index in [2.05, 4.69) is 0 Å². The Morgan fingerprint density at radius 2 is 1.90 bits per heavy atom. The quantitative estimate of drug-likeness (QED) is 0.886. The Morgan fingerprint density at radius 3 is 2.57 bits per heavy atom. The summed E-state index contributed by atoms with van der Waals surface area (Å²) in [6.07, 6.45) is 3.89. The van der Waals surface area contributed by atoms with Crippen LogP contribution in [0.15, 0.2) is 54.6 Å². The average Bonchev–Trinajstić information content (AvgIpc) is 2.52. The second-order valence-electron chi connectivity index (χ2n) is 4.35. The third-order valence-electron chi connectivity index (χ3n) is 2.89. The molecule has 4 nitrogen and oxygen atoms in total. The molecule has 0 aliphatic heterocycles. The van der Waals surface area contributed by atoms with E-state index in [1.54, 1.807) is 18.2 Å². The predicted octanol–water partition coefficient (Wildman–Crippen LogP) is 2.89. The molecule has 2 aromatic carbocycles. The smallest absolute Gasteiger partial charge is 0.248 e. The van der Waals surface area contributed by atoms with Gasteiger partial charge in [0.15, 0.2) is 11.5 Å². The summed E-state index contributed by atoms with van der Waals surface area (Å²) in [6, 6.07) is 14.8. The Labute approximate surface area is 123 Å². The maximum atomic E-state index is 11.1. The van der Waals surface area contributed by atoms with Crippen LogP contribution in [-0.4, -0.2) is 19.6 Å². The van der Waals surface area contributed by atoms with Crippen molar-refractivity contribution < 1.29 is 14.3 Å². The Morgan fingerprint density at radius 1 is 1.14 bits per heavy atom. The SMILES string of the molecule is COc1cc(C(N)=O)ccc1OC/C=C/c1ccccc1. The molecule has 1 amide bonds. The summed E-state index contributed by atoms with van der Waals surface area (Å²) in [5.41, 5.74) is 6.72. The second-order valence-corrected chi connectivity index (χ2v) is 4.35. The molecule has 0 aromatic heterocycles. The number of methoxy groups -OCH3 is 1. The lowest BCUT2D eigenvalue weighted by atomic mass is 10.2. The third kappa shape index (κ3) is 4.11. The Balaban J connectivity index is 2.00. The molecule has 2 rings (SSSR count). The molecule has 2 N–H and O–H groups in total. The summed E-state index contributed by atoms with van der Waals surface area (Å²) in [4.78, 5) is 11.1. The number of hydrogen-bond acceptors (Lipinski definition) is 3. The van der Waals surface area contributed by atoms with Gasteiger partial charge in [-0.3, -0.25) is 4.79 Å². The number of benzene rings is 2. The van der Waals surface area contributed by atoms with E-state index >= 15 is 0 Å². The van der Waals surface area contributed by atoms with Gasteiger partial charge in [0.2, 0.25) is 5.91 Å². The van der Waals surface area contributed by atoms with E-state index in [0.717, 1.165) is 5.56 Å². The number of rotatable bonds is 6. The van der Waals surface area contributed by atoms with Gasteiger partial charge in [0.1, 0.15) is 6.61 Å². The Kier molecular flexibility index (Phi) is 4.99. The third-order valence-corrected chi connectivity index (χ3v) is 2.89. The highest BCUT2D eigenvalue weighted by molar-refractivity contribution is 5.93. The topological polar surface area (TPSA) is 61.5 Å². The minimum absolute atomic E-state index is 0.388. The lowest BCUT2D eigenvalue weighted by Crippen LogP contribution is -2.11. The zero-order valence-electron chi connectivity index (χ0n) is 11.8. The number of amides is 1. The summed E-state index contributed by atoms with van der Waals surface area (Å²) in [6.45, 7) is 0.404. The number of nitrogens with two attached hydrogens (primary N) is 1. The van der Waals surface area contributed by atoms with E-state index < -0.39 is 5.91 Å². The fourth-order valence-electron chi connectivity index (χ4n) is 1.83. The van der Waals surface area contributed by atoms with Crippen LogP contribution < -0.4 is 15.2 Å². The van der Waals surface area contributed by atoms with E-state index in [0.29, 0.717) is 23.7 Å². The minimum Gasteiger partial charge on any atom is -0.493 e. The van der Waals surface area contributed by atoms with Gasteiger partial charge in [0.25, 0.3) is 0 Å².